The minimum Gasteiger partial charge on any atom is -0.381 e. The molecule has 0 fully saturated rings. The number of halogens is 1. The van der Waals surface area contributed by atoms with Gasteiger partial charge in [-0.15, -0.1) is 0 Å². The van der Waals surface area contributed by atoms with Crippen molar-refractivity contribution in [3.8, 4) is 0 Å². The smallest absolute Gasteiger partial charge is 0.0555 e. The van der Waals surface area contributed by atoms with E-state index >= 15 is 0 Å². The van der Waals surface area contributed by atoms with Gasteiger partial charge in [-0.2, -0.15) is 0 Å². The van der Waals surface area contributed by atoms with Crippen LogP contribution in [0.2, 0.25) is 0 Å². The third kappa shape index (κ3) is 10.8. The molecule has 0 bridgehead atoms. The molecule has 0 aromatic rings. The molecule has 0 aromatic carbocycles. The Labute approximate surface area is 59.6 Å². The summed E-state index contributed by atoms with van der Waals surface area (Å²) in [7, 11) is 0. The molecule has 0 N–H and O–H groups in total. The molecule has 0 aliphatic rings. The van der Waals surface area contributed by atoms with Gasteiger partial charge >= 0.3 is 0 Å². The molecule has 0 rings (SSSR count). The highest BCUT2D eigenvalue weighted by Gasteiger charge is 1.74. The second-order valence-electron chi connectivity index (χ2n) is 0.886. The third-order valence-electron chi connectivity index (χ3n) is 0.426. The zero-order valence-corrected chi connectivity index (χ0v) is 6.07. The summed E-state index contributed by atoms with van der Waals surface area (Å²) in [5.41, 5.74) is 0. The maximum Gasteiger partial charge on any atom is 0.0555 e. The molecular formula is C5H13IO. The molecular weight excluding hydrogens is 203 g/mol. The first-order valence-corrected chi connectivity index (χ1v) is 3.58. The van der Waals surface area contributed by atoms with Gasteiger partial charge in [0, 0.05) is 11.0 Å². The number of hydrogen-bond donors (Lipinski definition) is 0. The Balaban J connectivity index is 0. The van der Waals surface area contributed by atoms with E-state index in [-0.39, 0.29) is 7.43 Å². The summed E-state index contributed by atoms with van der Waals surface area (Å²) in [5.74, 6) is 0. The zero-order valence-electron chi connectivity index (χ0n) is 3.91. The van der Waals surface area contributed by atoms with Crippen LogP contribution in [0.3, 0.4) is 0 Å². The number of rotatable bonds is 3. The molecule has 1 nitrogen and oxygen atoms in total. The maximum atomic E-state index is 4.98. The van der Waals surface area contributed by atoms with Crippen LogP contribution in [0.1, 0.15) is 14.4 Å². The zero-order chi connectivity index (χ0) is 4.83. The Kier molecular flexibility index (Phi) is 15.0. The Morgan fingerprint density at radius 2 is 2.14 bits per heavy atom. The Hall–Kier alpha value is 0.690. The summed E-state index contributed by atoms with van der Waals surface area (Å²) in [6.45, 7) is 3.76. The van der Waals surface area contributed by atoms with Crippen molar-refractivity contribution in [3.63, 3.8) is 0 Å². The highest BCUT2D eigenvalue weighted by atomic mass is 127. The molecule has 7 heavy (non-hydrogen) atoms. The summed E-state index contributed by atoms with van der Waals surface area (Å²) in [4.78, 5) is 0. The Bertz CT molecular complexity index is 20.0. The summed E-state index contributed by atoms with van der Waals surface area (Å²) >= 11 is 2.29. The molecule has 2 heteroatoms. The van der Waals surface area contributed by atoms with E-state index in [1.807, 2.05) is 6.92 Å². The first-order chi connectivity index (χ1) is 2.91. The van der Waals surface area contributed by atoms with Gasteiger partial charge in [-0.3, -0.25) is 0 Å². The highest BCUT2D eigenvalue weighted by molar-refractivity contribution is 14.1. The predicted molar refractivity (Wildman–Crippen MR) is 42.1 cm³/mol. The van der Waals surface area contributed by atoms with Crippen molar-refractivity contribution in [1.82, 2.24) is 0 Å². The Morgan fingerprint density at radius 3 is 2.29 bits per heavy atom. The SMILES string of the molecule is C.CCOCCI. The number of hydrogen-bond acceptors (Lipinski definition) is 1. The van der Waals surface area contributed by atoms with E-state index in [0.29, 0.717) is 0 Å². The predicted octanol–water partition coefficient (Wildman–Crippen LogP) is 2.09. The van der Waals surface area contributed by atoms with Gasteiger partial charge < -0.3 is 4.74 Å². The minimum absolute atomic E-state index is 0. The van der Waals surface area contributed by atoms with Gasteiger partial charge in [0.25, 0.3) is 0 Å². The van der Waals surface area contributed by atoms with Gasteiger partial charge in [0.15, 0.2) is 0 Å². The average molecular weight is 216 g/mol. The summed E-state index contributed by atoms with van der Waals surface area (Å²) < 4.78 is 6.08. The van der Waals surface area contributed by atoms with E-state index in [0.717, 1.165) is 17.6 Å². The van der Waals surface area contributed by atoms with E-state index in [9.17, 15) is 0 Å². The van der Waals surface area contributed by atoms with Crippen LogP contribution in [-0.4, -0.2) is 17.6 Å². The van der Waals surface area contributed by atoms with Crippen molar-refractivity contribution in [3.05, 3.63) is 0 Å². The molecule has 0 aliphatic heterocycles. The van der Waals surface area contributed by atoms with Gasteiger partial charge in [0.2, 0.25) is 0 Å². The first-order valence-electron chi connectivity index (χ1n) is 2.05. The van der Waals surface area contributed by atoms with Crippen LogP contribution >= 0.6 is 22.6 Å². The minimum atomic E-state index is 0. The van der Waals surface area contributed by atoms with Crippen molar-refractivity contribution in [2.45, 2.75) is 14.4 Å². The van der Waals surface area contributed by atoms with Crippen LogP contribution in [0, 0.1) is 0 Å². The summed E-state index contributed by atoms with van der Waals surface area (Å²) in [6.07, 6.45) is 0. The van der Waals surface area contributed by atoms with Gasteiger partial charge in [-0.1, -0.05) is 30.0 Å². The van der Waals surface area contributed by atoms with Crippen molar-refractivity contribution in [2.24, 2.45) is 0 Å². The van der Waals surface area contributed by atoms with Crippen LogP contribution in [0.25, 0.3) is 0 Å². The second-order valence-corrected chi connectivity index (χ2v) is 1.96. The fraction of sp³-hybridized carbons (Fsp3) is 1.00. The van der Waals surface area contributed by atoms with E-state index in [4.69, 9.17) is 4.74 Å². The molecule has 46 valence electrons. The van der Waals surface area contributed by atoms with Crippen molar-refractivity contribution < 1.29 is 4.74 Å². The fourth-order valence-electron chi connectivity index (χ4n) is 0.199. The molecule has 0 amide bonds. The van der Waals surface area contributed by atoms with E-state index < -0.39 is 0 Å². The lowest BCUT2D eigenvalue weighted by molar-refractivity contribution is 0.166. The monoisotopic (exact) mass is 216 g/mol. The van der Waals surface area contributed by atoms with Gasteiger partial charge in [-0.25, -0.2) is 0 Å². The van der Waals surface area contributed by atoms with E-state index in [1.54, 1.807) is 0 Å². The Morgan fingerprint density at radius 1 is 1.57 bits per heavy atom. The highest BCUT2D eigenvalue weighted by Crippen LogP contribution is 1.80. The lowest BCUT2D eigenvalue weighted by atomic mass is 10.8. The fourth-order valence-corrected chi connectivity index (χ4v) is 0.510. The van der Waals surface area contributed by atoms with Gasteiger partial charge in [-0.05, 0) is 6.92 Å². The van der Waals surface area contributed by atoms with Crippen molar-refractivity contribution in [2.75, 3.05) is 17.6 Å². The lowest BCUT2D eigenvalue weighted by Crippen LogP contribution is -1.91. The van der Waals surface area contributed by atoms with Crippen LogP contribution in [-0.2, 0) is 4.74 Å². The van der Waals surface area contributed by atoms with Crippen molar-refractivity contribution in [1.29, 1.82) is 0 Å². The van der Waals surface area contributed by atoms with Gasteiger partial charge in [0.1, 0.15) is 0 Å². The molecule has 0 radical (unpaired) electrons. The number of ether oxygens (including phenoxy) is 1. The molecule has 0 atom stereocenters. The molecule has 0 spiro atoms. The molecule has 0 heterocycles. The normalized spacial score (nSPS) is 7.71. The van der Waals surface area contributed by atoms with Crippen molar-refractivity contribution >= 4 is 22.6 Å². The third-order valence-corrected chi connectivity index (χ3v) is 0.866. The van der Waals surface area contributed by atoms with E-state index in [2.05, 4.69) is 22.6 Å². The molecule has 0 unspecified atom stereocenters. The summed E-state index contributed by atoms with van der Waals surface area (Å²) in [5, 5.41) is 0. The largest absolute Gasteiger partial charge is 0.381 e. The molecule has 0 saturated heterocycles. The summed E-state index contributed by atoms with van der Waals surface area (Å²) in [6, 6.07) is 0. The van der Waals surface area contributed by atoms with Crippen LogP contribution in [0.4, 0.5) is 0 Å². The molecule has 0 saturated carbocycles. The van der Waals surface area contributed by atoms with E-state index in [1.165, 1.54) is 0 Å². The molecule has 0 aliphatic carbocycles. The topological polar surface area (TPSA) is 9.23 Å². The van der Waals surface area contributed by atoms with Gasteiger partial charge in [0.05, 0.1) is 6.61 Å². The first kappa shape index (κ1) is 10.6. The lowest BCUT2D eigenvalue weighted by Gasteiger charge is -1.90. The van der Waals surface area contributed by atoms with Crippen LogP contribution in [0.15, 0.2) is 0 Å². The maximum absolute atomic E-state index is 4.98. The average Bonchev–Trinajstić information content (AvgIpc) is 1.61. The number of alkyl halides is 1. The molecule has 0 aromatic heterocycles. The quantitative estimate of drug-likeness (QED) is 0.398. The standard InChI is InChI=1S/C4H9IO.CH4/c1-2-6-4-3-5;/h2-4H2,1H3;1H4. The van der Waals surface area contributed by atoms with Crippen LogP contribution in [0.5, 0.6) is 0 Å². The second kappa shape index (κ2) is 9.85. The van der Waals surface area contributed by atoms with Crippen LogP contribution < -0.4 is 0 Å².